The molecule has 1 aliphatic carbocycles. The van der Waals surface area contributed by atoms with Crippen molar-refractivity contribution >= 4 is 17.9 Å². The van der Waals surface area contributed by atoms with Gasteiger partial charge in [0.2, 0.25) is 11.8 Å². The Balaban J connectivity index is 2.01. The standard InChI is InChI=1S/C10H13NO4/c1-10(5-2-6-10)15-9(14)11-7(12)3-4-8(11)13/h2-6H2,1H3. The fourth-order valence-corrected chi connectivity index (χ4v) is 1.81. The van der Waals surface area contributed by atoms with Gasteiger partial charge in [0.15, 0.2) is 0 Å². The summed E-state index contributed by atoms with van der Waals surface area (Å²) in [5, 5.41) is 0. The molecule has 5 heteroatoms. The molecule has 0 aromatic heterocycles. The molecule has 0 N–H and O–H groups in total. The molecule has 2 rings (SSSR count). The number of hydrogen-bond acceptors (Lipinski definition) is 4. The van der Waals surface area contributed by atoms with Gasteiger partial charge in [-0.05, 0) is 26.2 Å². The fraction of sp³-hybridized carbons (Fsp3) is 0.700. The number of carbonyl (C=O) groups excluding carboxylic acids is 3. The first-order chi connectivity index (χ1) is 7.02. The zero-order valence-electron chi connectivity index (χ0n) is 8.62. The summed E-state index contributed by atoms with van der Waals surface area (Å²) in [5.74, 6) is -0.902. The molecule has 1 saturated heterocycles. The predicted octanol–water partition coefficient (Wildman–Crippen LogP) is 1.21. The number of hydrogen-bond donors (Lipinski definition) is 0. The molecule has 2 aliphatic rings. The van der Waals surface area contributed by atoms with E-state index in [1.807, 2.05) is 6.92 Å². The topological polar surface area (TPSA) is 63.7 Å². The molecular weight excluding hydrogens is 198 g/mol. The second kappa shape index (κ2) is 3.32. The van der Waals surface area contributed by atoms with Crippen LogP contribution in [-0.2, 0) is 14.3 Å². The third-order valence-corrected chi connectivity index (χ3v) is 2.98. The van der Waals surface area contributed by atoms with Crippen LogP contribution in [0.15, 0.2) is 0 Å². The van der Waals surface area contributed by atoms with Crippen molar-refractivity contribution in [3.8, 4) is 0 Å². The van der Waals surface area contributed by atoms with E-state index in [0.29, 0.717) is 4.90 Å². The molecule has 0 unspecified atom stereocenters. The van der Waals surface area contributed by atoms with E-state index in [-0.39, 0.29) is 12.8 Å². The number of imide groups is 3. The lowest BCUT2D eigenvalue weighted by molar-refractivity contribution is -0.138. The molecule has 15 heavy (non-hydrogen) atoms. The fourth-order valence-electron chi connectivity index (χ4n) is 1.81. The summed E-state index contributed by atoms with van der Waals surface area (Å²) < 4.78 is 5.14. The summed E-state index contributed by atoms with van der Waals surface area (Å²) in [6.07, 6.45) is 2.05. The monoisotopic (exact) mass is 211 g/mol. The molecule has 0 spiro atoms. The molecule has 5 nitrogen and oxygen atoms in total. The van der Waals surface area contributed by atoms with Gasteiger partial charge in [0.1, 0.15) is 5.60 Å². The van der Waals surface area contributed by atoms with Crippen molar-refractivity contribution in [1.29, 1.82) is 0 Å². The molecule has 0 aromatic rings. The minimum atomic E-state index is -0.801. The van der Waals surface area contributed by atoms with E-state index in [9.17, 15) is 14.4 Å². The van der Waals surface area contributed by atoms with Gasteiger partial charge in [0, 0.05) is 12.8 Å². The third-order valence-electron chi connectivity index (χ3n) is 2.98. The number of rotatable bonds is 1. The van der Waals surface area contributed by atoms with Gasteiger partial charge in [-0.3, -0.25) is 9.59 Å². The molecular formula is C10H13NO4. The van der Waals surface area contributed by atoms with Crippen molar-refractivity contribution in [2.24, 2.45) is 0 Å². The summed E-state index contributed by atoms with van der Waals surface area (Å²) in [6, 6.07) is 0. The highest BCUT2D eigenvalue weighted by atomic mass is 16.6. The number of amides is 3. The Morgan fingerprint density at radius 1 is 1.27 bits per heavy atom. The van der Waals surface area contributed by atoms with Crippen LogP contribution in [0.3, 0.4) is 0 Å². The van der Waals surface area contributed by atoms with E-state index in [0.717, 1.165) is 19.3 Å². The maximum atomic E-state index is 11.5. The number of nitrogens with zero attached hydrogens (tertiary/aromatic N) is 1. The Hall–Kier alpha value is -1.39. The van der Waals surface area contributed by atoms with Gasteiger partial charge in [-0.15, -0.1) is 0 Å². The Labute approximate surface area is 87.4 Å². The lowest BCUT2D eigenvalue weighted by atomic mass is 9.82. The van der Waals surface area contributed by atoms with Crippen molar-refractivity contribution < 1.29 is 19.1 Å². The second-order valence-electron chi connectivity index (χ2n) is 4.29. The highest BCUT2D eigenvalue weighted by Crippen LogP contribution is 2.35. The van der Waals surface area contributed by atoms with Gasteiger partial charge < -0.3 is 4.74 Å². The molecule has 0 radical (unpaired) electrons. The molecule has 3 amide bonds. The molecule has 0 atom stereocenters. The number of ether oxygens (including phenoxy) is 1. The average molecular weight is 211 g/mol. The predicted molar refractivity (Wildman–Crippen MR) is 49.8 cm³/mol. The van der Waals surface area contributed by atoms with Crippen molar-refractivity contribution in [3.63, 3.8) is 0 Å². The first-order valence-corrected chi connectivity index (χ1v) is 5.11. The largest absolute Gasteiger partial charge is 0.442 e. The normalized spacial score (nSPS) is 23.9. The first kappa shape index (κ1) is 10.1. The third kappa shape index (κ3) is 1.73. The lowest BCUT2D eigenvalue weighted by Gasteiger charge is -2.37. The van der Waals surface area contributed by atoms with Crippen molar-refractivity contribution in [1.82, 2.24) is 4.90 Å². The van der Waals surface area contributed by atoms with Crippen LogP contribution in [0.2, 0.25) is 0 Å². The maximum absolute atomic E-state index is 11.5. The molecule has 1 aliphatic heterocycles. The van der Waals surface area contributed by atoms with E-state index >= 15 is 0 Å². The second-order valence-corrected chi connectivity index (χ2v) is 4.29. The SMILES string of the molecule is CC1(OC(=O)N2C(=O)CCC2=O)CCC1. The van der Waals surface area contributed by atoms with Crippen LogP contribution in [0.5, 0.6) is 0 Å². The zero-order valence-corrected chi connectivity index (χ0v) is 8.62. The Kier molecular flexibility index (Phi) is 2.25. The van der Waals surface area contributed by atoms with Gasteiger partial charge in [-0.2, -0.15) is 4.90 Å². The van der Waals surface area contributed by atoms with Crippen LogP contribution < -0.4 is 0 Å². The number of likely N-dealkylation sites (tertiary alicyclic amines) is 1. The lowest BCUT2D eigenvalue weighted by Crippen LogP contribution is -2.45. The van der Waals surface area contributed by atoms with E-state index < -0.39 is 23.5 Å². The van der Waals surface area contributed by atoms with Crippen LogP contribution in [0, 0.1) is 0 Å². The zero-order chi connectivity index (χ0) is 11.1. The van der Waals surface area contributed by atoms with Crippen LogP contribution in [0.4, 0.5) is 4.79 Å². The van der Waals surface area contributed by atoms with E-state index in [1.54, 1.807) is 0 Å². The summed E-state index contributed by atoms with van der Waals surface area (Å²) >= 11 is 0. The quantitative estimate of drug-likeness (QED) is 0.611. The molecule has 1 saturated carbocycles. The maximum Gasteiger partial charge on any atom is 0.424 e. The Morgan fingerprint density at radius 3 is 2.20 bits per heavy atom. The summed E-state index contributed by atoms with van der Waals surface area (Å²) in [4.78, 5) is 34.6. The van der Waals surface area contributed by atoms with E-state index in [1.165, 1.54) is 0 Å². The highest BCUT2D eigenvalue weighted by molar-refractivity contribution is 6.13. The van der Waals surface area contributed by atoms with E-state index in [2.05, 4.69) is 0 Å². The van der Waals surface area contributed by atoms with Gasteiger partial charge in [0.05, 0.1) is 0 Å². The van der Waals surface area contributed by atoms with Crippen LogP contribution >= 0.6 is 0 Å². The van der Waals surface area contributed by atoms with Crippen molar-refractivity contribution in [2.75, 3.05) is 0 Å². The van der Waals surface area contributed by atoms with Gasteiger partial charge in [-0.25, -0.2) is 4.79 Å². The molecule has 0 aromatic carbocycles. The molecule has 0 bridgehead atoms. The van der Waals surface area contributed by atoms with Gasteiger partial charge in [-0.1, -0.05) is 0 Å². The average Bonchev–Trinajstić information content (AvgIpc) is 2.43. The summed E-state index contributed by atoms with van der Waals surface area (Å²) in [7, 11) is 0. The molecule has 1 heterocycles. The summed E-state index contributed by atoms with van der Waals surface area (Å²) in [5.41, 5.74) is -0.472. The van der Waals surface area contributed by atoms with Crippen LogP contribution in [0.1, 0.15) is 39.0 Å². The number of carbonyl (C=O) groups is 3. The van der Waals surface area contributed by atoms with E-state index in [4.69, 9.17) is 4.74 Å². The Bertz CT molecular complexity index is 316. The first-order valence-electron chi connectivity index (χ1n) is 5.11. The van der Waals surface area contributed by atoms with Crippen LogP contribution in [0.25, 0.3) is 0 Å². The summed E-state index contributed by atoms with van der Waals surface area (Å²) in [6.45, 7) is 1.82. The van der Waals surface area contributed by atoms with Gasteiger partial charge in [0.25, 0.3) is 0 Å². The van der Waals surface area contributed by atoms with Crippen molar-refractivity contribution in [3.05, 3.63) is 0 Å². The smallest absolute Gasteiger partial charge is 0.424 e. The minimum Gasteiger partial charge on any atom is -0.442 e. The van der Waals surface area contributed by atoms with Crippen molar-refractivity contribution in [2.45, 2.75) is 44.6 Å². The molecule has 82 valence electrons. The Morgan fingerprint density at radius 2 is 1.80 bits per heavy atom. The minimum absolute atomic E-state index is 0.116. The van der Waals surface area contributed by atoms with Crippen LogP contribution in [-0.4, -0.2) is 28.4 Å². The highest BCUT2D eigenvalue weighted by Gasteiger charge is 2.42. The molecule has 2 fully saturated rings. The van der Waals surface area contributed by atoms with Gasteiger partial charge >= 0.3 is 6.09 Å².